The smallest absolute Gasteiger partial charge is 0.329 e. The Morgan fingerprint density at radius 1 is 1.50 bits per heavy atom. The zero-order valence-electron chi connectivity index (χ0n) is 9.14. The Hall–Kier alpha value is 0.0700. The normalized spacial score (nSPS) is 20.5. The van der Waals surface area contributed by atoms with Crippen LogP contribution >= 0.6 is 7.60 Å². The molecule has 0 aliphatic carbocycles. The molecule has 86 valence electrons. The van der Waals surface area contributed by atoms with Crippen LogP contribution in [0.25, 0.3) is 0 Å². The lowest BCUT2D eigenvalue weighted by atomic mass is 10.0. The van der Waals surface area contributed by atoms with Crippen LogP contribution in [0.2, 0.25) is 0 Å². The monoisotopic (exact) mass is 225 g/mol. The number of aliphatic hydroxyl groups is 1. The summed E-state index contributed by atoms with van der Waals surface area (Å²) in [6, 6.07) is -0.543. The van der Waals surface area contributed by atoms with Gasteiger partial charge in [-0.3, -0.25) is 9.09 Å². The first kappa shape index (κ1) is 14.1. The molecule has 3 unspecified atom stereocenters. The quantitative estimate of drug-likeness (QED) is 0.523. The largest absolute Gasteiger partial charge is 0.366 e. The van der Waals surface area contributed by atoms with Gasteiger partial charge in [-0.1, -0.05) is 13.8 Å². The molecule has 0 saturated carbocycles. The van der Waals surface area contributed by atoms with Crippen LogP contribution in [0.3, 0.4) is 0 Å². The Labute approximate surface area is 85.1 Å². The maximum Gasteiger partial charge on any atom is 0.329 e. The lowest BCUT2D eigenvalue weighted by molar-refractivity contribution is -0.0473. The Balaban J connectivity index is 4.07. The second-order valence-electron chi connectivity index (χ2n) is 3.74. The molecule has 0 aliphatic rings. The molecule has 3 N–H and O–H groups in total. The van der Waals surface area contributed by atoms with Gasteiger partial charge in [0.2, 0.25) is 0 Å². The van der Waals surface area contributed by atoms with Crippen molar-refractivity contribution in [2.75, 3.05) is 13.8 Å². The third-order valence-corrected chi connectivity index (χ3v) is 3.00. The highest BCUT2D eigenvalue weighted by atomic mass is 31.2. The summed E-state index contributed by atoms with van der Waals surface area (Å²) in [6.45, 7) is 5.25. The van der Waals surface area contributed by atoms with Crippen LogP contribution < -0.4 is 5.73 Å². The Kier molecular flexibility index (Phi) is 5.86. The number of hydrogen-bond acceptors (Lipinski definition) is 5. The molecular weight excluding hydrogens is 205 g/mol. The van der Waals surface area contributed by atoms with Gasteiger partial charge in [-0.25, -0.2) is 0 Å². The second-order valence-corrected chi connectivity index (χ2v) is 5.86. The van der Waals surface area contributed by atoms with Crippen LogP contribution in [0, 0.1) is 5.92 Å². The van der Waals surface area contributed by atoms with E-state index in [4.69, 9.17) is 10.3 Å². The zero-order chi connectivity index (χ0) is 11.4. The van der Waals surface area contributed by atoms with Crippen molar-refractivity contribution in [3.63, 3.8) is 0 Å². The first-order valence-electron chi connectivity index (χ1n) is 4.53. The van der Waals surface area contributed by atoms with Gasteiger partial charge in [0.15, 0.2) is 6.29 Å². The Morgan fingerprint density at radius 3 is 2.36 bits per heavy atom. The van der Waals surface area contributed by atoms with Gasteiger partial charge in [0.05, 0.1) is 6.04 Å². The van der Waals surface area contributed by atoms with Crippen molar-refractivity contribution in [2.24, 2.45) is 11.7 Å². The highest BCUT2D eigenvalue weighted by Gasteiger charge is 2.25. The molecule has 0 radical (unpaired) electrons. The van der Waals surface area contributed by atoms with E-state index in [1.54, 1.807) is 0 Å². The third-order valence-electron chi connectivity index (χ3n) is 1.74. The summed E-state index contributed by atoms with van der Waals surface area (Å²) < 4.78 is 20.7. The van der Waals surface area contributed by atoms with E-state index in [-0.39, 0.29) is 0 Å². The predicted octanol–water partition coefficient (Wildman–Crippen LogP) is 1.16. The molecule has 6 heteroatoms. The first-order chi connectivity index (χ1) is 6.28. The Bertz CT molecular complexity index is 210. The number of hydrogen-bond donors (Lipinski definition) is 2. The van der Waals surface area contributed by atoms with E-state index in [0.29, 0.717) is 12.3 Å². The number of aliphatic hydroxyl groups excluding tert-OH is 1. The summed E-state index contributed by atoms with van der Waals surface area (Å²) in [5, 5.41) is 9.43. The van der Waals surface area contributed by atoms with Crippen LogP contribution in [0.4, 0.5) is 0 Å². The van der Waals surface area contributed by atoms with Crippen LogP contribution in [-0.4, -0.2) is 31.2 Å². The van der Waals surface area contributed by atoms with Crippen molar-refractivity contribution in [3.05, 3.63) is 0 Å². The fraction of sp³-hybridized carbons (Fsp3) is 1.00. The summed E-state index contributed by atoms with van der Waals surface area (Å²) in [5.74, 6) is 0.349. The van der Waals surface area contributed by atoms with E-state index in [1.165, 1.54) is 13.8 Å². The topological polar surface area (TPSA) is 81.8 Å². The first-order valence-corrected chi connectivity index (χ1v) is 6.52. The van der Waals surface area contributed by atoms with Crippen molar-refractivity contribution >= 4 is 7.60 Å². The standard InChI is InChI=1S/C8H20NO4P/c1-6(2)5-7(9)8(10)13-14(4,11)12-3/h6-8,10H,5,9H2,1-4H3. The van der Waals surface area contributed by atoms with Crippen molar-refractivity contribution in [1.29, 1.82) is 0 Å². The molecular formula is C8H20NO4P. The average Bonchev–Trinajstić information content (AvgIpc) is 2.02. The highest BCUT2D eigenvalue weighted by molar-refractivity contribution is 7.52. The fourth-order valence-corrected chi connectivity index (χ4v) is 1.61. The molecule has 0 spiro atoms. The van der Waals surface area contributed by atoms with Crippen LogP contribution in [0.15, 0.2) is 0 Å². The molecule has 0 aromatic heterocycles. The number of nitrogens with two attached hydrogens (primary N) is 1. The van der Waals surface area contributed by atoms with E-state index < -0.39 is 19.9 Å². The van der Waals surface area contributed by atoms with Crippen molar-refractivity contribution in [1.82, 2.24) is 0 Å². The molecule has 0 amide bonds. The maximum atomic E-state index is 11.3. The molecule has 0 aromatic rings. The van der Waals surface area contributed by atoms with Crippen molar-refractivity contribution < 1.29 is 18.7 Å². The van der Waals surface area contributed by atoms with E-state index >= 15 is 0 Å². The molecule has 0 rings (SSSR count). The van der Waals surface area contributed by atoms with Gasteiger partial charge in [0.1, 0.15) is 0 Å². The van der Waals surface area contributed by atoms with E-state index in [9.17, 15) is 9.67 Å². The minimum Gasteiger partial charge on any atom is -0.366 e. The molecule has 0 heterocycles. The van der Waals surface area contributed by atoms with Gasteiger partial charge in [-0.05, 0) is 12.3 Å². The van der Waals surface area contributed by atoms with Gasteiger partial charge in [-0.2, -0.15) is 0 Å². The molecule has 0 fully saturated rings. The van der Waals surface area contributed by atoms with E-state index in [0.717, 1.165) is 0 Å². The molecule has 0 saturated heterocycles. The summed E-state index contributed by atoms with van der Waals surface area (Å²) in [6.07, 6.45) is -0.640. The lowest BCUT2D eigenvalue weighted by Crippen LogP contribution is -2.37. The van der Waals surface area contributed by atoms with Gasteiger partial charge in [0.25, 0.3) is 0 Å². The van der Waals surface area contributed by atoms with Crippen molar-refractivity contribution in [3.8, 4) is 0 Å². The average molecular weight is 225 g/mol. The van der Waals surface area contributed by atoms with Crippen LogP contribution in [0.1, 0.15) is 20.3 Å². The zero-order valence-corrected chi connectivity index (χ0v) is 10.0. The fourth-order valence-electron chi connectivity index (χ4n) is 0.978. The van der Waals surface area contributed by atoms with Crippen LogP contribution in [0.5, 0.6) is 0 Å². The molecule has 0 bridgehead atoms. The minimum atomic E-state index is -3.16. The van der Waals surface area contributed by atoms with Crippen LogP contribution in [-0.2, 0) is 13.6 Å². The molecule has 5 nitrogen and oxygen atoms in total. The Morgan fingerprint density at radius 2 is 2.00 bits per heavy atom. The molecule has 14 heavy (non-hydrogen) atoms. The predicted molar refractivity (Wildman–Crippen MR) is 55.1 cm³/mol. The minimum absolute atomic E-state index is 0.349. The highest BCUT2D eigenvalue weighted by Crippen LogP contribution is 2.44. The SMILES string of the molecule is COP(C)(=O)OC(O)C(N)CC(C)C. The third kappa shape index (κ3) is 5.73. The summed E-state index contributed by atoms with van der Waals surface area (Å²) in [5.41, 5.74) is 5.63. The lowest BCUT2D eigenvalue weighted by Gasteiger charge is -2.22. The second kappa shape index (κ2) is 5.83. The van der Waals surface area contributed by atoms with Gasteiger partial charge in [0, 0.05) is 13.8 Å². The molecule has 0 aliphatic heterocycles. The summed E-state index contributed by atoms with van der Waals surface area (Å²) >= 11 is 0. The van der Waals surface area contributed by atoms with Gasteiger partial charge in [-0.15, -0.1) is 0 Å². The molecule has 0 aromatic carbocycles. The van der Waals surface area contributed by atoms with Gasteiger partial charge >= 0.3 is 7.60 Å². The van der Waals surface area contributed by atoms with E-state index in [1.807, 2.05) is 13.8 Å². The summed E-state index contributed by atoms with van der Waals surface area (Å²) in [7, 11) is -1.89. The maximum absolute atomic E-state index is 11.3. The van der Waals surface area contributed by atoms with Gasteiger partial charge < -0.3 is 15.4 Å². The number of rotatable bonds is 6. The molecule has 3 atom stereocenters. The van der Waals surface area contributed by atoms with Crippen molar-refractivity contribution in [2.45, 2.75) is 32.6 Å². The van der Waals surface area contributed by atoms with E-state index in [2.05, 4.69) is 4.52 Å². The summed E-state index contributed by atoms with van der Waals surface area (Å²) in [4.78, 5) is 0.